The Labute approximate surface area is 133 Å². The molecule has 0 aliphatic heterocycles. The van der Waals surface area contributed by atoms with Gasteiger partial charge in [0, 0.05) is 59.3 Å². The van der Waals surface area contributed by atoms with Crippen LogP contribution in [-0.4, -0.2) is 19.1 Å². The third kappa shape index (κ3) is 6.32. The van der Waals surface area contributed by atoms with Crippen molar-refractivity contribution in [2.45, 2.75) is 6.42 Å². The van der Waals surface area contributed by atoms with Crippen LogP contribution in [0.2, 0.25) is 0 Å². The van der Waals surface area contributed by atoms with Crippen molar-refractivity contribution in [1.29, 1.82) is 5.26 Å². The molecule has 2 heterocycles. The first kappa shape index (κ1) is 20.4. The second-order valence-electron chi connectivity index (χ2n) is 3.56. The Morgan fingerprint density at radius 1 is 1.20 bits per heavy atom. The molecule has 5 nitrogen and oxygen atoms in total. The van der Waals surface area contributed by atoms with Gasteiger partial charge in [-0.2, -0.15) is 5.26 Å². The molecule has 2 aromatic heterocycles. The minimum atomic E-state index is 0. The maximum Gasteiger partial charge on any atom is 0.115 e. The van der Waals surface area contributed by atoms with Gasteiger partial charge in [-0.1, -0.05) is 6.58 Å². The average molecular weight is 363 g/mol. The molecule has 0 amide bonds. The molecule has 0 spiro atoms. The molecule has 110 valence electrons. The van der Waals surface area contributed by atoms with Gasteiger partial charge in [0.2, 0.25) is 0 Å². The number of hydrogen-bond acceptors (Lipinski definition) is 3. The van der Waals surface area contributed by atoms with Crippen LogP contribution >= 0.6 is 0 Å². The number of aryl methyl sites for hydroxylation is 2. The van der Waals surface area contributed by atoms with Crippen LogP contribution in [0, 0.1) is 18.8 Å². The Kier molecular flexibility index (Phi) is 11.2. The summed E-state index contributed by atoms with van der Waals surface area (Å²) >= 11 is 0. The van der Waals surface area contributed by atoms with Crippen molar-refractivity contribution in [3.05, 3.63) is 62.2 Å². The van der Waals surface area contributed by atoms with Crippen LogP contribution in [0.5, 0.6) is 0 Å². The zero-order valence-corrected chi connectivity index (χ0v) is 13.4. The number of nitriles is 1. The topological polar surface area (TPSA) is 59.4 Å². The van der Waals surface area contributed by atoms with Crippen LogP contribution in [0.3, 0.4) is 0 Å². The number of rotatable bonds is 2. The van der Waals surface area contributed by atoms with Crippen molar-refractivity contribution in [3.8, 4) is 6.07 Å². The van der Waals surface area contributed by atoms with E-state index in [0.717, 1.165) is 18.1 Å². The molecule has 0 fully saturated rings. The maximum atomic E-state index is 7.66. The van der Waals surface area contributed by atoms with E-state index in [1.807, 2.05) is 35.6 Å². The van der Waals surface area contributed by atoms with Gasteiger partial charge in [0.1, 0.15) is 11.6 Å². The molecule has 0 saturated heterocycles. The Hall–Kier alpha value is -1.91. The van der Waals surface area contributed by atoms with Crippen LogP contribution in [0.1, 0.15) is 11.6 Å². The summed E-state index contributed by atoms with van der Waals surface area (Å²) in [5.41, 5.74) is 2.28. The molecule has 0 aromatic carbocycles. The van der Waals surface area contributed by atoms with E-state index < -0.39 is 0 Å². The molecule has 0 aliphatic rings. The SMILES string of the molecule is C=C=CC#N.Cn1ccnc1Cc1nccn1C.[CH3-].[Pd]. The third-order valence-corrected chi connectivity index (χ3v) is 2.32. The van der Waals surface area contributed by atoms with Crippen LogP contribution in [0.25, 0.3) is 0 Å². The summed E-state index contributed by atoms with van der Waals surface area (Å²) in [6.45, 7) is 3.15. The standard InChI is InChI=1S/C9H12N4.C4H3N.CH3.Pd/c1-12-5-3-10-8(12)7-9-11-4-6-13(9)2;1-2-3-4-5;;/h3-6H,7H2,1-2H3;3H,1H2;1H3;/q;;-1;. The van der Waals surface area contributed by atoms with E-state index >= 15 is 0 Å². The summed E-state index contributed by atoms with van der Waals surface area (Å²) in [5.74, 6) is 2.07. The van der Waals surface area contributed by atoms with Crippen LogP contribution in [0.4, 0.5) is 0 Å². The summed E-state index contributed by atoms with van der Waals surface area (Å²) in [7, 11) is 3.98. The minimum Gasteiger partial charge on any atom is -0.358 e. The molecule has 0 radical (unpaired) electrons. The van der Waals surface area contributed by atoms with Gasteiger partial charge in [0.25, 0.3) is 0 Å². The van der Waals surface area contributed by atoms with Gasteiger partial charge in [-0.15, -0.1) is 5.73 Å². The van der Waals surface area contributed by atoms with Crippen molar-refractivity contribution in [2.75, 3.05) is 0 Å². The molecule has 0 atom stereocenters. The largest absolute Gasteiger partial charge is 0.358 e. The van der Waals surface area contributed by atoms with E-state index in [2.05, 4.69) is 22.3 Å². The molecule has 2 rings (SSSR count). The second-order valence-corrected chi connectivity index (χ2v) is 3.56. The number of aromatic nitrogens is 4. The molecule has 2 aromatic rings. The summed E-state index contributed by atoms with van der Waals surface area (Å²) < 4.78 is 4.02. The van der Waals surface area contributed by atoms with Crippen molar-refractivity contribution in [1.82, 2.24) is 19.1 Å². The predicted octanol–water partition coefficient (Wildman–Crippen LogP) is 2.04. The van der Waals surface area contributed by atoms with Gasteiger partial charge in [0.05, 0.1) is 18.6 Å². The first-order valence-electron chi connectivity index (χ1n) is 5.35. The van der Waals surface area contributed by atoms with Crippen LogP contribution in [-0.2, 0) is 40.9 Å². The fourth-order valence-electron chi connectivity index (χ4n) is 1.32. The minimum absolute atomic E-state index is 0. The molecule has 20 heavy (non-hydrogen) atoms. The number of allylic oxidation sites excluding steroid dienone is 1. The number of hydrogen-bond donors (Lipinski definition) is 0. The Balaban J connectivity index is 0. The molecule has 0 aliphatic carbocycles. The fourth-order valence-corrected chi connectivity index (χ4v) is 1.32. The molecule has 6 heteroatoms. The van der Waals surface area contributed by atoms with Crippen molar-refractivity contribution in [2.24, 2.45) is 14.1 Å². The third-order valence-electron chi connectivity index (χ3n) is 2.32. The van der Waals surface area contributed by atoms with Gasteiger partial charge >= 0.3 is 0 Å². The molecule has 0 unspecified atom stereocenters. The van der Waals surface area contributed by atoms with Crippen LogP contribution < -0.4 is 0 Å². The second kappa shape index (κ2) is 11.0. The van der Waals surface area contributed by atoms with E-state index in [1.54, 1.807) is 18.5 Å². The first-order valence-corrected chi connectivity index (χ1v) is 5.35. The van der Waals surface area contributed by atoms with Crippen molar-refractivity contribution in [3.63, 3.8) is 0 Å². The number of nitrogens with zero attached hydrogens (tertiary/aromatic N) is 5. The Bertz CT molecular complexity index is 546. The van der Waals surface area contributed by atoms with Gasteiger partial charge < -0.3 is 16.6 Å². The molecular formula is C14H18N5Pd-. The molecular weight excluding hydrogens is 345 g/mol. The average Bonchev–Trinajstić information content (AvgIpc) is 2.93. The smallest absolute Gasteiger partial charge is 0.115 e. The van der Waals surface area contributed by atoms with E-state index in [9.17, 15) is 0 Å². The fraction of sp³-hybridized carbons (Fsp3) is 0.214. The van der Waals surface area contributed by atoms with Crippen LogP contribution in [0.15, 0.2) is 43.2 Å². The van der Waals surface area contributed by atoms with E-state index in [-0.39, 0.29) is 27.8 Å². The van der Waals surface area contributed by atoms with E-state index in [0.29, 0.717) is 0 Å². The van der Waals surface area contributed by atoms with Gasteiger partial charge in [-0.05, 0) is 0 Å². The Morgan fingerprint density at radius 2 is 1.65 bits per heavy atom. The monoisotopic (exact) mass is 362 g/mol. The molecule has 0 bridgehead atoms. The summed E-state index contributed by atoms with van der Waals surface area (Å²) in [6, 6.07) is 1.72. The van der Waals surface area contributed by atoms with Crippen molar-refractivity contribution < 1.29 is 20.4 Å². The van der Waals surface area contributed by atoms with E-state index in [4.69, 9.17) is 5.26 Å². The zero-order chi connectivity index (χ0) is 13.4. The number of imidazole rings is 2. The zero-order valence-electron chi connectivity index (χ0n) is 11.9. The van der Waals surface area contributed by atoms with E-state index in [1.165, 1.54) is 6.08 Å². The predicted molar refractivity (Wildman–Crippen MR) is 75.0 cm³/mol. The quantitative estimate of drug-likeness (QED) is 0.355. The summed E-state index contributed by atoms with van der Waals surface area (Å²) in [4.78, 5) is 8.48. The summed E-state index contributed by atoms with van der Waals surface area (Å²) in [6.07, 6.45) is 9.47. The van der Waals surface area contributed by atoms with Crippen molar-refractivity contribution >= 4 is 0 Å². The van der Waals surface area contributed by atoms with Gasteiger partial charge in [0.15, 0.2) is 0 Å². The van der Waals surface area contributed by atoms with Gasteiger partial charge in [-0.3, -0.25) is 0 Å². The molecule has 0 saturated carbocycles. The maximum absolute atomic E-state index is 7.66. The normalized spacial score (nSPS) is 7.85. The first-order chi connectivity index (χ1) is 8.69. The Morgan fingerprint density at radius 3 is 1.85 bits per heavy atom. The molecule has 0 N–H and O–H groups in total. The van der Waals surface area contributed by atoms with Gasteiger partial charge in [-0.25, -0.2) is 9.97 Å². The summed E-state index contributed by atoms with van der Waals surface area (Å²) in [5, 5.41) is 7.66.